The lowest BCUT2D eigenvalue weighted by atomic mass is 10.1. The van der Waals surface area contributed by atoms with E-state index in [0.29, 0.717) is 43.7 Å². The fraction of sp³-hybridized carbons (Fsp3) is 0.185. The SMILES string of the molecule is Cc1ccc(-c2noc(-c3cc(N4CCN(C(=O)c5ccco5)CC4)nc4ccccc34)n2)cc1. The first-order valence-corrected chi connectivity index (χ1v) is 11.5. The molecule has 4 heterocycles. The van der Waals surface area contributed by atoms with Gasteiger partial charge in [0.25, 0.3) is 11.8 Å². The van der Waals surface area contributed by atoms with Crippen LogP contribution in [0.25, 0.3) is 33.7 Å². The van der Waals surface area contributed by atoms with Crippen molar-refractivity contribution in [1.29, 1.82) is 0 Å². The number of piperazine rings is 1. The van der Waals surface area contributed by atoms with Crippen LogP contribution in [0.1, 0.15) is 16.1 Å². The summed E-state index contributed by atoms with van der Waals surface area (Å²) in [6, 6.07) is 21.4. The molecule has 1 fully saturated rings. The molecule has 5 aromatic rings. The monoisotopic (exact) mass is 465 g/mol. The van der Waals surface area contributed by atoms with Gasteiger partial charge in [-0.1, -0.05) is 53.2 Å². The number of hydrogen-bond donors (Lipinski definition) is 0. The van der Waals surface area contributed by atoms with Crippen molar-refractivity contribution >= 4 is 22.6 Å². The number of benzene rings is 2. The molecule has 8 heteroatoms. The van der Waals surface area contributed by atoms with Crippen molar-refractivity contribution in [1.82, 2.24) is 20.0 Å². The summed E-state index contributed by atoms with van der Waals surface area (Å²) >= 11 is 0. The first-order valence-electron chi connectivity index (χ1n) is 11.5. The molecule has 0 bridgehead atoms. The third kappa shape index (κ3) is 4.03. The molecule has 0 atom stereocenters. The number of carbonyl (C=O) groups excluding carboxylic acids is 1. The van der Waals surface area contributed by atoms with Crippen molar-refractivity contribution in [2.75, 3.05) is 31.1 Å². The van der Waals surface area contributed by atoms with Crippen molar-refractivity contribution in [2.45, 2.75) is 6.92 Å². The normalized spacial score (nSPS) is 14.0. The van der Waals surface area contributed by atoms with Gasteiger partial charge in [0.2, 0.25) is 5.82 Å². The van der Waals surface area contributed by atoms with Gasteiger partial charge in [-0.2, -0.15) is 4.98 Å². The van der Waals surface area contributed by atoms with Gasteiger partial charge in [0.1, 0.15) is 5.82 Å². The van der Waals surface area contributed by atoms with Crippen LogP contribution in [-0.2, 0) is 0 Å². The summed E-state index contributed by atoms with van der Waals surface area (Å²) in [7, 11) is 0. The van der Waals surface area contributed by atoms with Gasteiger partial charge in [0.15, 0.2) is 5.76 Å². The Hall–Kier alpha value is -4.46. The predicted octanol–water partition coefficient (Wildman–Crippen LogP) is 4.82. The second-order valence-corrected chi connectivity index (χ2v) is 8.59. The molecule has 8 nitrogen and oxygen atoms in total. The Balaban J connectivity index is 1.30. The number of rotatable bonds is 4. The average molecular weight is 466 g/mol. The molecule has 3 aromatic heterocycles. The van der Waals surface area contributed by atoms with Gasteiger partial charge >= 0.3 is 0 Å². The average Bonchev–Trinajstić information content (AvgIpc) is 3.61. The number of aryl methyl sites for hydroxylation is 1. The fourth-order valence-corrected chi connectivity index (χ4v) is 4.35. The third-order valence-corrected chi connectivity index (χ3v) is 6.29. The van der Waals surface area contributed by atoms with Gasteiger partial charge in [-0.3, -0.25) is 4.79 Å². The number of fused-ring (bicyclic) bond motifs is 1. The van der Waals surface area contributed by atoms with Gasteiger partial charge in [-0.15, -0.1) is 0 Å². The largest absolute Gasteiger partial charge is 0.459 e. The maximum atomic E-state index is 12.6. The summed E-state index contributed by atoms with van der Waals surface area (Å²) in [6.07, 6.45) is 1.52. The van der Waals surface area contributed by atoms with Crippen LogP contribution in [0.3, 0.4) is 0 Å². The molecule has 0 saturated carbocycles. The zero-order valence-electron chi connectivity index (χ0n) is 19.2. The summed E-state index contributed by atoms with van der Waals surface area (Å²) in [6.45, 7) is 4.54. The van der Waals surface area contributed by atoms with Crippen molar-refractivity contribution < 1.29 is 13.7 Å². The van der Waals surface area contributed by atoms with Gasteiger partial charge in [0, 0.05) is 37.1 Å². The van der Waals surface area contributed by atoms with Crippen LogP contribution in [0.15, 0.2) is 81.9 Å². The van der Waals surface area contributed by atoms with E-state index in [9.17, 15) is 4.79 Å². The molecule has 6 rings (SSSR count). The minimum absolute atomic E-state index is 0.0868. The highest BCUT2D eigenvalue weighted by Gasteiger charge is 2.25. The van der Waals surface area contributed by atoms with E-state index in [2.05, 4.69) is 10.1 Å². The molecule has 1 aliphatic heterocycles. The predicted molar refractivity (Wildman–Crippen MR) is 132 cm³/mol. The minimum atomic E-state index is -0.0868. The van der Waals surface area contributed by atoms with Gasteiger partial charge < -0.3 is 18.7 Å². The van der Waals surface area contributed by atoms with E-state index in [-0.39, 0.29) is 5.91 Å². The van der Waals surface area contributed by atoms with Crippen LogP contribution < -0.4 is 4.90 Å². The highest BCUT2D eigenvalue weighted by molar-refractivity contribution is 5.94. The van der Waals surface area contributed by atoms with E-state index in [0.717, 1.165) is 27.8 Å². The van der Waals surface area contributed by atoms with Gasteiger partial charge in [0.05, 0.1) is 17.3 Å². The number of furan rings is 1. The van der Waals surface area contributed by atoms with Crippen LogP contribution >= 0.6 is 0 Å². The second-order valence-electron chi connectivity index (χ2n) is 8.59. The maximum Gasteiger partial charge on any atom is 0.289 e. The van der Waals surface area contributed by atoms with Crippen molar-refractivity contribution in [3.8, 4) is 22.8 Å². The lowest BCUT2D eigenvalue weighted by Crippen LogP contribution is -2.49. The molecule has 0 spiro atoms. The Morgan fingerprint density at radius 1 is 0.914 bits per heavy atom. The molecule has 174 valence electrons. The summed E-state index contributed by atoms with van der Waals surface area (Å²) in [5.74, 6) is 2.10. The van der Waals surface area contributed by atoms with E-state index in [4.69, 9.17) is 18.9 Å². The van der Waals surface area contributed by atoms with Crippen LogP contribution in [0.5, 0.6) is 0 Å². The second kappa shape index (κ2) is 8.72. The molecule has 1 aliphatic rings. The Labute approximate surface area is 201 Å². The molecule has 2 aromatic carbocycles. The van der Waals surface area contributed by atoms with Crippen LogP contribution in [-0.4, -0.2) is 52.1 Å². The maximum absolute atomic E-state index is 12.6. The number of para-hydroxylation sites is 1. The number of amides is 1. The summed E-state index contributed by atoms with van der Waals surface area (Å²) in [5, 5.41) is 5.17. The lowest BCUT2D eigenvalue weighted by Gasteiger charge is -2.35. The molecule has 0 unspecified atom stereocenters. The highest BCUT2D eigenvalue weighted by Crippen LogP contribution is 2.32. The Bertz CT molecular complexity index is 1480. The number of pyridine rings is 1. The van der Waals surface area contributed by atoms with E-state index >= 15 is 0 Å². The molecule has 0 radical (unpaired) electrons. The first-order chi connectivity index (χ1) is 17.2. The van der Waals surface area contributed by atoms with Gasteiger partial charge in [-0.25, -0.2) is 4.98 Å². The molecule has 0 aliphatic carbocycles. The standard InChI is InChI=1S/C27H23N5O3/c1-18-8-10-19(11-9-18)25-29-26(35-30-25)21-17-24(28-22-6-3-2-5-20(21)22)31-12-14-32(15-13-31)27(33)23-7-4-16-34-23/h2-11,16-17H,12-15H2,1H3. The summed E-state index contributed by atoms with van der Waals surface area (Å²) in [5.41, 5.74) is 3.77. The smallest absolute Gasteiger partial charge is 0.289 e. The summed E-state index contributed by atoms with van der Waals surface area (Å²) in [4.78, 5) is 26.2. The minimum Gasteiger partial charge on any atom is -0.459 e. The summed E-state index contributed by atoms with van der Waals surface area (Å²) < 4.78 is 11.0. The molecular weight excluding hydrogens is 442 g/mol. The third-order valence-electron chi connectivity index (χ3n) is 6.29. The van der Waals surface area contributed by atoms with E-state index < -0.39 is 0 Å². The Morgan fingerprint density at radius 2 is 1.71 bits per heavy atom. The molecule has 0 N–H and O–H groups in total. The lowest BCUT2D eigenvalue weighted by molar-refractivity contribution is 0.0714. The van der Waals surface area contributed by atoms with Crippen molar-refractivity contribution in [3.63, 3.8) is 0 Å². The zero-order chi connectivity index (χ0) is 23.8. The van der Waals surface area contributed by atoms with Crippen molar-refractivity contribution in [3.05, 3.63) is 84.3 Å². The number of nitrogens with zero attached hydrogens (tertiary/aromatic N) is 5. The molecule has 1 saturated heterocycles. The molecular formula is C27H23N5O3. The van der Waals surface area contributed by atoms with Crippen molar-refractivity contribution in [2.24, 2.45) is 0 Å². The zero-order valence-corrected chi connectivity index (χ0v) is 19.2. The number of hydrogen-bond acceptors (Lipinski definition) is 7. The number of anilines is 1. The van der Waals surface area contributed by atoms with Crippen LogP contribution in [0.4, 0.5) is 5.82 Å². The van der Waals surface area contributed by atoms with E-state index in [1.807, 2.05) is 66.4 Å². The Morgan fingerprint density at radius 3 is 2.49 bits per heavy atom. The fourth-order valence-electron chi connectivity index (χ4n) is 4.35. The van der Waals surface area contributed by atoms with Crippen LogP contribution in [0.2, 0.25) is 0 Å². The number of aromatic nitrogens is 3. The first kappa shape index (κ1) is 21.1. The number of carbonyl (C=O) groups is 1. The van der Waals surface area contributed by atoms with Gasteiger partial charge in [-0.05, 0) is 31.2 Å². The Kier molecular flexibility index (Phi) is 5.25. The van der Waals surface area contributed by atoms with Crippen LogP contribution in [0, 0.1) is 6.92 Å². The van der Waals surface area contributed by atoms with E-state index in [1.54, 1.807) is 12.1 Å². The molecule has 1 amide bonds. The van der Waals surface area contributed by atoms with E-state index in [1.165, 1.54) is 11.8 Å². The molecule has 35 heavy (non-hydrogen) atoms. The quantitative estimate of drug-likeness (QED) is 0.376. The topological polar surface area (TPSA) is 88.5 Å². The highest BCUT2D eigenvalue weighted by atomic mass is 16.5.